The molecule has 2 N–H and O–H groups in total. The summed E-state index contributed by atoms with van der Waals surface area (Å²) in [5.74, 6) is 1.89. The first-order valence-electron chi connectivity index (χ1n) is 6.70. The second-order valence-electron chi connectivity index (χ2n) is 5.20. The van der Waals surface area contributed by atoms with Gasteiger partial charge in [0.25, 0.3) is 0 Å². The van der Waals surface area contributed by atoms with Gasteiger partial charge in [0.15, 0.2) is 5.82 Å². The number of thiazole rings is 1. The molecule has 19 heavy (non-hydrogen) atoms. The maximum atomic E-state index is 5.91. The Labute approximate surface area is 116 Å². The van der Waals surface area contributed by atoms with E-state index in [2.05, 4.69) is 15.1 Å². The molecule has 0 bridgehead atoms. The maximum Gasteiger partial charge on any atom is 0.229 e. The number of hydrogen-bond donors (Lipinski definition) is 1. The third-order valence-corrected chi connectivity index (χ3v) is 4.43. The lowest BCUT2D eigenvalue weighted by atomic mass is 9.86. The number of nitrogens with two attached hydrogens (primary N) is 1. The molecule has 0 saturated heterocycles. The Hall–Kier alpha value is -1.27. The number of nitrogens with zero attached hydrogens (tertiary/aromatic N) is 3. The van der Waals surface area contributed by atoms with Gasteiger partial charge in [0, 0.05) is 17.3 Å². The molecule has 102 valence electrons. The fourth-order valence-corrected chi connectivity index (χ4v) is 3.14. The predicted molar refractivity (Wildman–Crippen MR) is 73.1 cm³/mol. The zero-order valence-electron chi connectivity index (χ0n) is 11.0. The van der Waals surface area contributed by atoms with Gasteiger partial charge in [-0.2, -0.15) is 4.98 Å². The number of aryl methyl sites for hydroxylation is 1. The van der Waals surface area contributed by atoms with Crippen molar-refractivity contribution < 1.29 is 4.52 Å². The van der Waals surface area contributed by atoms with Gasteiger partial charge in [0.2, 0.25) is 5.89 Å². The molecule has 3 rings (SSSR count). The van der Waals surface area contributed by atoms with Crippen molar-refractivity contribution in [2.45, 2.75) is 51.0 Å². The fourth-order valence-electron chi connectivity index (χ4n) is 2.52. The molecule has 1 fully saturated rings. The van der Waals surface area contributed by atoms with Crippen LogP contribution in [-0.4, -0.2) is 21.2 Å². The van der Waals surface area contributed by atoms with Crippen molar-refractivity contribution in [2.24, 2.45) is 5.73 Å². The maximum absolute atomic E-state index is 5.91. The van der Waals surface area contributed by atoms with Crippen LogP contribution < -0.4 is 5.73 Å². The predicted octanol–water partition coefficient (Wildman–Crippen LogP) is 2.41. The molecule has 0 amide bonds. The van der Waals surface area contributed by atoms with E-state index in [1.54, 1.807) is 11.3 Å². The molecule has 0 unspecified atom stereocenters. The van der Waals surface area contributed by atoms with E-state index >= 15 is 0 Å². The minimum Gasteiger partial charge on any atom is -0.339 e. The number of rotatable bonds is 3. The zero-order chi connectivity index (χ0) is 13.2. The monoisotopic (exact) mass is 278 g/mol. The normalized spacial score (nSPS) is 23.7. The molecule has 0 atom stereocenters. The Morgan fingerprint density at radius 2 is 2.11 bits per heavy atom. The van der Waals surface area contributed by atoms with E-state index in [0.717, 1.165) is 48.1 Å². The minimum absolute atomic E-state index is 0.344. The van der Waals surface area contributed by atoms with Crippen LogP contribution in [-0.2, 0) is 6.42 Å². The minimum atomic E-state index is 0.344. The van der Waals surface area contributed by atoms with Gasteiger partial charge in [-0.1, -0.05) is 5.16 Å². The molecule has 5 nitrogen and oxygen atoms in total. The smallest absolute Gasteiger partial charge is 0.229 e. The topological polar surface area (TPSA) is 77.8 Å². The molecule has 1 aliphatic carbocycles. The van der Waals surface area contributed by atoms with E-state index in [9.17, 15) is 0 Å². The molecule has 0 aliphatic heterocycles. The van der Waals surface area contributed by atoms with Crippen molar-refractivity contribution in [1.82, 2.24) is 15.1 Å². The van der Waals surface area contributed by atoms with E-state index in [0.29, 0.717) is 18.4 Å². The number of aromatic nitrogens is 3. The fraction of sp³-hybridized carbons (Fsp3) is 0.615. The van der Waals surface area contributed by atoms with Crippen LogP contribution >= 0.6 is 11.3 Å². The summed E-state index contributed by atoms with van der Waals surface area (Å²) in [4.78, 5) is 8.93. The van der Waals surface area contributed by atoms with E-state index in [4.69, 9.17) is 10.3 Å². The van der Waals surface area contributed by atoms with Crippen molar-refractivity contribution in [3.05, 3.63) is 27.8 Å². The molecule has 2 aromatic rings. The van der Waals surface area contributed by atoms with Gasteiger partial charge in [-0.15, -0.1) is 11.3 Å². The van der Waals surface area contributed by atoms with Gasteiger partial charge in [-0.3, -0.25) is 0 Å². The lowest BCUT2D eigenvalue weighted by Gasteiger charge is -2.22. The van der Waals surface area contributed by atoms with Gasteiger partial charge in [-0.25, -0.2) is 4.98 Å². The van der Waals surface area contributed by atoms with Gasteiger partial charge in [-0.05, 0) is 32.6 Å². The summed E-state index contributed by atoms with van der Waals surface area (Å²) in [6, 6.07) is 0.344. The standard InChI is InChI=1S/C13H18N4OS/c1-8-15-11(7-19-8)6-12-16-13(18-17-12)9-2-4-10(14)5-3-9/h7,9-10H,2-6,14H2,1H3. The third-order valence-electron chi connectivity index (χ3n) is 3.61. The van der Waals surface area contributed by atoms with Gasteiger partial charge in [0.05, 0.1) is 17.1 Å². The second kappa shape index (κ2) is 5.38. The first-order valence-corrected chi connectivity index (χ1v) is 7.57. The lowest BCUT2D eigenvalue weighted by molar-refractivity contribution is 0.300. The van der Waals surface area contributed by atoms with Crippen molar-refractivity contribution in [1.29, 1.82) is 0 Å². The van der Waals surface area contributed by atoms with Crippen LogP contribution in [0.4, 0.5) is 0 Å². The quantitative estimate of drug-likeness (QED) is 0.932. The molecule has 6 heteroatoms. The largest absolute Gasteiger partial charge is 0.339 e. The Bertz CT molecular complexity index is 542. The Morgan fingerprint density at radius 3 is 2.79 bits per heavy atom. The van der Waals surface area contributed by atoms with Crippen molar-refractivity contribution >= 4 is 11.3 Å². The summed E-state index contributed by atoms with van der Waals surface area (Å²) >= 11 is 1.65. The molecule has 1 aliphatic rings. The Kier molecular flexibility index (Phi) is 3.61. The molecule has 2 heterocycles. The van der Waals surface area contributed by atoms with Crippen LogP contribution in [0.25, 0.3) is 0 Å². The molecule has 0 aromatic carbocycles. The highest BCUT2D eigenvalue weighted by atomic mass is 32.1. The first kappa shape index (κ1) is 12.7. The SMILES string of the molecule is Cc1nc(Cc2noc(C3CCC(N)CC3)n2)cs1. The summed E-state index contributed by atoms with van der Waals surface area (Å²) in [5.41, 5.74) is 6.93. The van der Waals surface area contributed by atoms with Crippen LogP contribution in [0, 0.1) is 6.92 Å². The average Bonchev–Trinajstić information content (AvgIpc) is 3.00. The molecular formula is C13H18N4OS. The molecular weight excluding hydrogens is 260 g/mol. The molecule has 2 aromatic heterocycles. The van der Waals surface area contributed by atoms with E-state index < -0.39 is 0 Å². The lowest BCUT2D eigenvalue weighted by Crippen LogP contribution is -2.25. The summed E-state index contributed by atoms with van der Waals surface area (Å²) in [6.45, 7) is 2.00. The van der Waals surface area contributed by atoms with Crippen molar-refractivity contribution in [3.8, 4) is 0 Å². The summed E-state index contributed by atoms with van der Waals surface area (Å²) in [7, 11) is 0. The van der Waals surface area contributed by atoms with E-state index in [-0.39, 0.29) is 0 Å². The number of hydrogen-bond acceptors (Lipinski definition) is 6. The zero-order valence-corrected chi connectivity index (χ0v) is 11.8. The third kappa shape index (κ3) is 3.01. The Morgan fingerprint density at radius 1 is 1.32 bits per heavy atom. The highest BCUT2D eigenvalue weighted by Crippen LogP contribution is 2.31. The summed E-state index contributed by atoms with van der Waals surface area (Å²) < 4.78 is 5.39. The Balaban J connectivity index is 1.66. The van der Waals surface area contributed by atoms with Gasteiger partial charge < -0.3 is 10.3 Å². The van der Waals surface area contributed by atoms with Crippen LogP contribution in [0.15, 0.2) is 9.90 Å². The molecule has 1 saturated carbocycles. The first-order chi connectivity index (χ1) is 9.20. The second-order valence-corrected chi connectivity index (χ2v) is 6.26. The van der Waals surface area contributed by atoms with Gasteiger partial charge >= 0.3 is 0 Å². The van der Waals surface area contributed by atoms with Crippen LogP contribution in [0.3, 0.4) is 0 Å². The van der Waals surface area contributed by atoms with Crippen LogP contribution in [0.5, 0.6) is 0 Å². The highest BCUT2D eigenvalue weighted by molar-refractivity contribution is 7.09. The van der Waals surface area contributed by atoms with Crippen LogP contribution in [0.1, 0.15) is 54.0 Å². The highest BCUT2D eigenvalue weighted by Gasteiger charge is 2.24. The molecule has 0 radical (unpaired) electrons. The average molecular weight is 278 g/mol. The summed E-state index contributed by atoms with van der Waals surface area (Å²) in [5, 5.41) is 7.18. The van der Waals surface area contributed by atoms with Gasteiger partial charge in [0.1, 0.15) is 0 Å². The van der Waals surface area contributed by atoms with Crippen LogP contribution in [0.2, 0.25) is 0 Å². The van der Waals surface area contributed by atoms with Crippen molar-refractivity contribution in [2.75, 3.05) is 0 Å². The van der Waals surface area contributed by atoms with E-state index in [1.807, 2.05) is 12.3 Å². The molecule has 0 spiro atoms. The summed E-state index contributed by atoms with van der Waals surface area (Å²) in [6.07, 6.45) is 4.86. The van der Waals surface area contributed by atoms with E-state index in [1.165, 1.54) is 0 Å². The van der Waals surface area contributed by atoms with Crippen molar-refractivity contribution in [3.63, 3.8) is 0 Å².